The van der Waals surface area contributed by atoms with Crippen LogP contribution in [0.4, 0.5) is 0 Å². The molecular formula is C15H14O2S. The van der Waals surface area contributed by atoms with Gasteiger partial charge in [0.05, 0.1) is 0 Å². The Bertz CT molecular complexity index is 551. The molecule has 0 saturated heterocycles. The molecule has 1 heterocycles. The molecule has 92 valence electrons. The molecule has 1 aliphatic rings. The lowest BCUT2D eigenvalue weighted by Crippen LogP contribution is -2.22. The minimum absolute atomic E-state index is 0.0329. The lowest BCUT2D eigenvalue weighted by molar-refractivity contribution is 0.195. The van der Waals surface area contributed by atoms with Crippen molar-refractivity contribution in [3.05, 3.63) is 54.1 Å². The number of phenols is 1. The van der Waals surface area contributed by atoms with E-state index in [0.717, 1.165) is 11.3 Å². The van der Waals surface area contributed by atoms with Gasteiger partial charge in [-0.1, -0.05) is 24.3 Å². The number of aromatic hydroxyl groups is 1. The first-order valence-electron chi connectivity index (χ1n) is 5.95. The molecule has 2 nitrogen and oxygen atoms in total. The van der Waals surface area contributed by atoms with Crippen molar-refractivity contribution in [3.8, 4) is 11.5 Å². The highest BCUT2D eigenvalue weighted by Gasteiger charge is 2.28. The number of phenolic OH excluding ortho intramolecular Hbond substituents is 1. The number of thioether (sulfide) groups is 1. The number of para-hydroxylation sites is 1. The Morgan fingerprint density at radius 1 is 1.06 bits per heavy atom. The number of hydrogen-bond acceptors (Lipinski definition) is 3. The van der Waals surface area contributed by atoms with E-state index in [-0.39, 0.29) is 11.9 Å². The number of ether oxygens (including phenoxy) is 1. The van der Waals surface area contributed by atoms with Gasteiger partial charge >= 0.3 is 0 Å². The minimum Gasteiger partial charge on any atom is -0.508 e. The minimum atomic E-state index is 0.0329. The van der Waals surface area contributed by atoms with Crippen molar-refractivity contribution in [3.63, 3.8) is 0 Å². The van der Waals surface area contributed by atoms with E-state index >= 15 is 0 Å². The van der Waals surface area contributed by atoms with Gasteiger partial charge < -0.3 is 9.84 Å². The number of rotatable bonds is 1. The molecule has 1 N–H and O–H groups in total. The van der Waals surface area contributed by atoms with E-state index in [2.05, 4.69) is 13.0 Å². The van der Waals surface area contributed by atoms with Gasteiger partial charge in [-0.05, 0) is 36.8 Å². The van der Waals surface area contributed by atoms with Gasteiger partial charge in [0.2, 0.25) is 0 Å². The smallest absolute Gasteiger partial charge is 0.136 e. The summed E-state index contributed by atoms with van der Waals surface area (Å²) in [7, 11) is 0. The maximum absolute atomic E-state index is 9.33. The van der Waals surface area contributed by atoms with Crippen LogP contribution in [-0.2, 0) is 0 Å². The van der Waals surface area contributed by atoms with Gasteiger partial charge in [0.15, 0.2) is 0 Å². The van der Waals surface area contributed by atoms with Gasteiger partial charge in [-0.2, -0.15) is 0 Å². The molecule has 0 fully saturated rings. The number of hydrogen-bond donors (Lipinski definition) is 1. The number of fused-ring (bicyclic) bond motifs is 1. The molecule has 3 heteroatoms. The van der Waals surface area contributed by atoms with E-state index < -0.39 is 0 Å². The summed E-state index contributed by atoms with van der Waals surface area (Å²) in [6.45, 7) is 2.16. The van der Waals surface area contributed by atoms with Crippen LogP contribution in [0.2, 0.25) is 0 Å². The first-order chi connectivity index (χ1) is 8.74. The normalized spacial score (nSPS) is 22.1. The summed E-state index contributed by atoms with van der Waals surface area (Å²) in [5.41, 5.74) is 1.10. The molecule has 0 aliphatic carbocycles. The monoisotopic (exact) mass is 258 g/mol. The summed E-state index contributed by atoms with van der Waals surface area (Å²) in [5.74, 6) is 1.23. The Hall–Kier alpha value is -1.61. The third kappa shape index (κ3) is 2.06. The molecule has 2 atom stereocenters. The lowest BCUT2D eigenvalue weighted by atomic mass is 10.1. The van der Waals surface area contributed by atoms with E-state index in [1.165, 1.54) is 4.90 Å². The predicted molar refractivity (Wildman–Crippen MR) is 73.2 cm³/mol. The molecule has 18 heavy (non-hydrogen) atoms. The summed E-state index contributed by atoms with van der Waals surface area (Å²) in [6.07, 6.45) is 0.0329. The standard InChI is InChI=1S/C15H14O2S/c1-10-15(11-6-8-12(16)9-7-11)17-13-4-2-3-5-14(13)18-10/h2-10,15-16H,1H3/t10-,15-/m0/s1. The third-order valence-electron chi connectivity index (χ3n) is 3.06. The van der Waals surface area contributed by atoms with Gasteiger partial charge in [-0.15, -0.1) is 11.8 Å². The highest BCUT2D eigenvalue weighted by Crippen LogP contribution is 2.44. The zero-order chi connectivity index (χ0) is 12.5. The molecule has 0 saturated carbocycles. The number of benzene rings is 2. The molecule has 0 bridgehead atoms. The fraction of sp³-hybridized carbons (Fsp3) is 0.200. The first kappa shape index (κ1) is 11.5. The maximum atomic E-state index is 9.33. The van der Waals surface area contributed by atoms with Crippen molar-refractivity contribution in [1.82, 2.24) is 0 Å². The van der Waals surface area contributed by atoms with E-state index in [4.69, 9.17) is 4.74 Å². The van der Waals surface area contributed by atoms with Crippen molar-refractivity contribution < 1.29 is 9.84 Å². The fourth-order valence-corrected chi connectivity index (χ4v) is 3.27. The van der Waals surface area contributed by atoms with Crippen LogP contribution in [-0.4, -0.2) is 10.4 Å². The molecule has 0 amide bonds. The Morgan fingerprint density at radius 2 is 1.78 bits per heavy atom. The van der Waals surface area contributed by atoms with Crippen LogP contribution >= 0.6 is 11.8 Å². The van der Waals surface area contributed by atoms with Crippen molar-refractivity contribution in [2.24, 2.45) is 0 Å². The van der Waals surface area contributed by atoms with Crippen LogP contribution in [0.3, 0.4) is 0 Å². The highest BCUT2D eigenvalue weighted by atomic mass is 32.2. The van der Waals surface area contributed by atoms with Crippen molar-refractivity contribution in [2.75, 3.05) is 0 Å². The zero-order valence-corrected chi connectivity index (χ0v) is 10.9. The van der Waals surface area contributed by atoms with Crippen molar-refractivity contribution in [1.29, 1.82) is 0 Å². The molecule has 0 radical (unpaired) electrons. The lowest BCUT2D eigenvalue weighted by Gasteiger charge is -2.31. The van der Waals surface area contributed by atoms with Gasteiger partial charge in [-0.25, -0.2) is 0 Å². The Kier molecular flexibility index (Phi) is 2.92. The largest absolute Gasteiger partial charge is 0.508 e. The summed E-state index contributed by atoms with van der Waals surface area (Å²) < 4.78 is 6.07. The average Bonchev–Trinajstić information content (AvgIpc) is 2.39. The van der Waals surface area contributed by atoms with Crippen LogP contribution < -0.4 is 4.74 Å². The predicted octanol–water partition coefficient (Wildman–Crippen LogP) is 4.01. The van der Waals surface area contributed by atoms with Crippen LogP contribution in [0.15, 0.2) is 53.4 Å². The first-order valence-corrected chi connectivity index (χ1v) is 6.83. The van der Waals surface area contributed by atoms with Gasteiger partial charge in [0.1, 0.15) is 17.6 Å². The zero-order valence-electron chi connectivity index (χ0n) is 10.0. The summed E-state index contributed by atoms with van der Waals surface area (Å²) in [4.78, 5) is 1.19. The SMILES string of the molecule is C[C@@H]1Sc2ccccc2O[C@@H]1c1ccc(O)cc1. The quantitative estimate of drug-likeness (QED) is 0.838. The highest BCUT2D eigenvalue weighted by molar-refractivity contribution is 8.00. The van der Waals surface area contributed by atoms with Gasteiger partial charge in [0.25, 0.3) is 0 Å². The Labute approximate surface area is 111 Å². The van der Waals surface area contributed by atoms with Gasteiger partial charge in [0, 0.05) is 10.1 Å². The molecular weight excluding hydrogens is 244 g/mol. The average molecular weight is 258 g/mol. The molecule has 1 aliphatic heterocycles. The van der Waals surface area contributed by atoms with Crippen LogP contribution in [0.1, 0.15) is 18.6 Å². The van der Waals surface area contributed by atoms with Crippen LogP contribution in [0, 0.1) is 0 Å². The summed E-state index contributed by atoms with van der Waals surface area (Å²) in [6, 6.07) is 15.4. The molecule has 0 aromatic heterocycles. The Morgan fingerprint density at radius 3 is 2.56 bits per heavy atom. The van der Waals surface area contributed by atoms with Crippen LogP contribution in [0.25, 0.3) is 0 Å². The second kappa shape index (κ2) is 4.58. The second-order valence-electron chi connectivity index (χ2n) is 4.40. The van der Waals surface area contributed by atoms with E-state index in [0.29, 0.717) is 5.25 Å². The van der Waals surface area contributed by atoms with Crippen LogP contribution in [0.5, 0.6) is 11.5 Å². The van der Waals surface area contributed by atoms with E-state index in [1.807, 2.05) is 42.1 Å². The molecule has 3 rings (SSSR count). The molecule has 0 spiro atoms. The Balaban J connectivity index is 1.93. The molecule has 2 aromatic carbocycles. The molecule has 0 unspecified atom stereocenters. The topological polar surface area (TPSA) is 29.5 Å². The summed E-state index contributed by atoms with van der Waals surface area (Å²) >= 11 is 1.83. The fourth-order valence-electron chi connectivity index (χ4n) is 2.14. The third-order valence-corrected chi connectivity index (χ3v) is 4.27. The van der Waals surface area contributed by atoms with Crippen molar-refractivity contribution >= 4 is 11.8 Å². The van der Waals surface area contributed by atoms with Gasteiger partial charge in [-0.3, -0.25) is 0 Å². The van der Waals surface area contributed by atoms with E-state index in [1.54, 1.807) is 12.1 Å². The second-order valence-corrected chi connectivity index (χ2v) is 5.82. The maximum Gasteiger partial charge on any atom is 0.136 e. The molecule has 2 aromatic rings. The van der Waals surface area contributed by atoms with Crippen molar-refractivity contribution in [2.45, 2.75) is 23.2 Å². The summed E-state index contributed by atoms with van der Waals surface area (Å²) in [5, 5.41) is 9.68. The van der Waals surface area contributed by atoms with E-state index in [9.17, 15) is 5.11 Å².